The van der Waals surface area contributed by atoms with Gasteiger partial charge in [-0.1, -0.05) is 27.7 Å². The summed E-state index contributed by atoms with van der Waals surface area (Å²) < 4.78 is 10.9. The van der Waals surface area contributed by atoms with Gasteiger partial charge < -0.3 is 20.5 Å². The summed E-state index contributed by atoms with van der Waals surface area (Å²) >= 11 is 0. The van der Waals surface area contributed by atoms with Crippen molar-refractivity contribution in [1.29, 1.82) is 0 Å². The molecule has 1 rings (SSSR count). The number of rotatable bonds is 12. The molecule has 152 valence electrons. The molecule has 0 saturated carbocycles. The zero-order valence-electron chi connectivity index (χ0n) is 16.7. The number of hydrogen-bond donors (Lipinski definition) is 3. The highest BCUT2D eigenvalue weighted by Crippen LogP contribution is 2.19. The molecule has 8 heteroatoms. The van der Waals surface area contributed by atoms with Gasteiger partial charge in [0.2, 0.25) is 5.91 Å². The van der Waals surface area contributed by atoms with E-state index in [1.807, 2.05) is 11.8 Å². The van der Waals surface area contributed by atoms with Crippen molar-refractivity contribution in [2.45, 2.75) is 52.6 Å². The van der Waals surface area contributed by atoms with Crippen LogP contribution in [0.5, 0.6) is 0 Å². The Morgan fingerprint density at radius 2 is 2.04 bits per heavy atom. The number of amides is 1. The van der Waals surface area contributed by atoms with Crippen molar-refractivity contribution in [3.8, 4) is 0 Å². The summed E-state index contributed by atoms with van der Waals surface area (Å²) in [6, 6.07) is -0.312. The molecule has 1 heterocycles. The van der Waals surface area contributed by atoms with Crippen molar-refractivity contribution >= 4 is 11.7 Å². The standard InChI is InChI=1S/C18H36N4O4/c1-5-20-12-25-10-14(23)9-21-17(24)15-7-6-8-22(15)13-26-11-16(19)18(2,3)4/h15-16,20H,5-13,19H2,1-4H3,(H,21,24)/t15-,16?/m0/s1. The normalized spacial score (nSPS) is 19.5. The summed E-state index contributed by atoms with van der Waals surface area (Å²) in [5.41, 5.74) is 6.08. The van der Waals surface area contributed by atoms with Crippen LogP contribution in [0.3, 0.4) is 0 Å². The highest BCUT2D eigenvalue weighted by Gasteiger charge is 2.31. The first-order valence-corrected chi connectivity index (χ1v) is 9.41. The third-order valence-corrected chi connectivity index (χ3v) is 4.51. The lowest BCUT2D eigenvalue weighted by Gasteiger charge is -2.29. The van der Waals surface area contributed by atoms with E-state index in [2.05, 4.69) is 31.4 Å². The highest BCUT2D eigenvalue weighted by molar-refractivity contribution is 5.89. The van der Waals surface area contributed by atoms with Crippen molar-refractivity contribution in [3.63, 3.8) is 0 Å². The zero-order chi connectivity index (χ0) is 19.6. The molecular formula is C18H36N4O4. The molecule has 8 nitrogen and oxygen atoms in total. The topological polar surface area (TPSA) is 106 Å². The molecule has 0 bridgehead atoms. The molecule has 26 heavy (non-hydrogen) atoms. The van der Waals surface area contributed by atoms with E-state index in [1.54, 1.807) is 0 Å². The Morgan fingerprint density at radius 3 is 2.69 bits per heavy atom. The molecule has 1 aliphatic rings. The second-order valence-electron chi connectivity index (χ2n) is 7.80. The Balaban J connectivity index is 2.28. The van der Waals surface area contributed by atoms with Gasteiger partial charge in [0.25, 0.3) is 0 Å². The maximum Gasteiger partial charge on any atom is 0.237 e. The van der Waals surface area contributed by atoms with Crippen molar-refractivity contribution in [3.05, 3.63) is 0 Å². The first kappa shape index (κ1) is 23.0. The average molecular weight is 373 g/mol. The van der Waals surface area contributed by atoms with E-state index in [1.165, 1.54) is 0 Å². The highest BCUT2D eigenvalue weighted by atomic mass is 16.5. The molecule has 0 aliphatic carbocycles. The van der Waals surface area contributed by atoms with Gasteiger partial charge in [-0.2, -0.15) is 0 Å². The first-order chi connectivity index (χ1) is 12.3. The Morgan fingerprint density at radius 1 is 1.31 bits per heavy atom. The Hall–Kier alpha value is -1.06. The average Bonchev–Trinajstić information content (AvgIpc) is 3.04. The van der Waals surface area contributed by atoms with Crippen LogP contribution in [0.4, 0.5) is 0 Å². The number of nitrogens with zero attached hydrogens (tertiary/aromatic N) is 1. The van der Waals surface area contributed by atoms with Gasteiger partial charge in [0.05, 0.1) is 32.7 Å². The van der Waals surface area contributed by atoms with Crippen LogP contribution in [-0.2, 0) is 19.1 Å². The van der Waals surface area contributed by atoms with E-state index < -0.39 is 0 Å². The summed E-state index contributed by atoms with van der Waals surface area (Å²) in [7, 11) is 0. The van der Waals surface area contributed by atoms with Gasteiger partial charge in [0, 0.05) is 12.6 Å². The van der Waals surface area contributed by atoms with Gasteiger partial charge >= 0.3 is 0 Å². The quantitative estimate of drug-likeness (QED) is 0.329. The van der Waals surface area contributed by atoms with E-state index in [4.69, 9.17) is 15.2 Å². The summed E-state index contributed by atoms with van der Waals surface area (Å²) in [4.78, 5) is 26.1. The monoisotopic (exact) mass is 372 g/mol. The lowest BCUT2D eigenvalue weighted by Crippen LogP contribution is -2.46. The number of nitrogens with one attached hydrogen (secondary N) is 2. The molecule has 1 aliphatic heterocycles. The molecule has 0 aromatic heterocycles. The number of hydrogen-bond acceptors (Lipinski definition) is 7. The van der Waals surface area contributed by atoms with Crippen molar-refractivity contribution in [2.24, 2.45) is 11.1 Å². The van der Waals surface area contributed by atoms with Crippen LogP contribution in [0.2, 0.25) is 0 Å². The van der Waals surface area contributed by atoms with Gasteiger partial charge in [-0.3, -0.25) is 19.8 Å². The summed E-state index contributed by atoms with van der Waals surface area (Å²) in [5.74, 6) is -0.278. The molecule has 1 amide bonds. The molecule has 1 unspecified atom stereocenters. The number of ether oxygens (including phenoxy) is 2. The van der Waals surface area contributed by atoms with Crippen LogP contribution < -0.4 is 16.4 Å². The zero-order valence-corrected chi connectivity index (χ0v) is 16.7. The molecule has 0 spiro atoms. The summed E-state index contributed by atoms with van der Waals surface area (Å²) in [5, 5.41) is 5.67. The SMILES string of the molecule is CCNCOCC(=O)CNC(=O)[C@@H]1CCCN1COCC(N)C(C)(C)C. The van der Waals surface area contributed by atoms with Gasteiger partial charge in [-0.25, -0.2) is 0 Å². The van der Waals surface area contributed by atoms with Crippen molar-refractivity contribution < 1.29 is 19.1 Å². The van der Waals surface area contributed by atoms with Crippen LogP contribution in [0, 0.1) is 5.41 Å². The molecule has 0 radical (unpaired) electrons. The minimum atomic E-state index is -0.253. The maximum atomic E-state index is 12.4. The van der Waals surface area contributed by atoms with Crippen molar-refractivity contribution in [1.82, 2.24) is 15.5 Å². The fourth-order valence-electron chi connectivity index (χ4n) is 2.52. The number of likely N-dealkylation sites (tertiary alicyclic amines) is 1. The van der Waals surface area contributed by atoms with E-state index in [0.717, 1.165) is 25.9 Å². The van der Waals surface area contributed by atoms with Gasteiger partial charge in [-0.05, 0) is 24.8 Å². The van der Waals surface area contributed by atoms with Gasteiger partial charge in [0.15, 0.2) is 5.78 Å². The van der Waals surface area contributed by atoms with Crippen LogP contribution in [0.15, 0.2) is 0 Å². The van der Waals surface area contributed by atoms with E-state index in [9.17, 15) is 9.59 Å². The van der Waals surface area contributed by atoms with Crippen LogP contribution in [0.25, 0.3) is 0 Å². The number of nitrogens with two attached hydrogens (primary N) is 1. The fourth-order valence-corrected chi connectivity index (χ4v) is 2.52. The Kier molecular flexibility index (Phi) is 10.3. The third-order valence-electron chi connectivity index (χ3n) is 4.51. The smallest absolute Gasteiger partial charge is 0.237 e. The molecule has 1 saturated heterocycles. The van der Waals surface area contributed by atoms with Crippen molar-refractivity contribution in [2.75, 3.05) is 46.3 Å². The van der Waals surface area contributed by atoms with Crippen LogP contribution >= 0.6 is 0 Å². The molecule has 4 N–H and O–H groups in total. The lowest BCUT2D eigenvalue weighted by atomic mass is 9.88. The summed E-state index contributed by atoms with van der Waals surface area (Å²) in [6.45, 7) is 10.9. The third kappa shape index (κ3) is 8.55. The lowest BCUT2D eigenvalue weighted by molar-refractivity contribution is -0.131. The van der Waals surface area contributed by atoms with E-state index >= 15 is 0 Å². The number of carbonyl (C=O) groups is 2. The Bertz CT molecular complexity index is 439. The molecule has 1 fully saturated rings. The molecule has 2 atom stereocenters. The molecular weight excluding hydrogens is 336 g/mol. The fraction of sp³-hybridized carbons (Fsp3) is 0.889. The molecule has 0 aromatic rings. The minimum Gasteiger partial charge on any atom is -0.364 e. The predicted molar refractivity (Wildman–Crippen MR) is 100 cm³/mol. The Labute approximate surface area is 157 Å². The second kappa shape index (κ2) is 11.6. The van der Waals surface area contributed by atoms with Gasteiger partial charge in [-0.15, -0.1) is 0 Å². The minimum absolute atomic E-state index is 0.00450. The summed E-state index contributed by atoms with van der Waals surface area (Å²) in [6.07, 6.45) is 1.71. The number of carbonyl (C=O) groups excluding carboxylic acids is 2. The van der Waals surface area contributed by atoms with Crippen LogP contribution in [-0.4, -0.2) is 75.0 Å². The largest absolute Gasteiger partial charge is 0.364 e. The first-order valence-electron chi connectivity index (χ1n) is 9.41. The molecule has 0 aromatic carbocycles. The predicted octanol–water partition coefficient (Wildman–Crippen LogP) is 0.0672. The second-order valence-corrected chi connectivity index (χ2v) is 7.80. The maximum absolute atomic E-state index is 12.4. The van der Waals surface area contributed by atoms with E-state index in [-0.39, 0.29) is 42.3 Å². The van der Waals surface area contributed by atoms with Crippen LogP contribution in [0.1, 0.15) is 40.5 Å². The number of ketones is 1. The number of Topliss-reactive ketones (excluding diaryl/α,β-unsaturated/α-hetero) is 1. The van der Waals surface area contributed by atoms with E-state index in [0.29, 0.717) is 20.1 Å². The van der Waals surface area contributed by atoms with Gasteiger partial charge in [0.1, 0.15) is 6.61 Å².